The van der Waals surface area contributed by atoms with Crippen LogP contribution in [0.5, 0.6) is 0 Å². The lowest BCUT2D eigenvalue weighted by atomic mass is 10.2. The highest BCUT2D eigenvalue weighted by molar-refractivity contribution is 9.10. The predicted octanol–water partition coefficient (Wildman–Crippen LogP) is 2.99. The van der Waals surface area contributed by atoms with Crippen molar-refractivity contribution in [1.29, 1.82) is 0 Å². The lowest BCUT2D eigenvalue weighted by molar-refractivity contribution is 0.0952. The number of nitrogens with one attached hydrogen (secondary N) is 1. The number of amides is 1. The third kappa shape index (κ3) is 4.16. The fraction of sp³-hybridized carbons (Fsp3) is 0.286. The first-order chi connectivity index (χ1) is 9.66. The number of halogens is 2. The van der Waals surface area contributed by atoms with E-state index in [4.69, 9.17) is 0 Å². The number of nitrogens with zero attached hydrogens (tertiary/aromatic N) is 2. The maximum absolute atomic E-state index is 13.3. The number of carbonyl (C=O) groups is 1. The number of rotatable bonds is 6. The third-order valence-electron chi connectivity index (χ3n) is 2.87. The minimum Gasteiger partial charge on any atom is -0.352 e. The van der Waals surface area contributed by atoms with E-state index in [1.54, 1.807) is 18.6 Å². The molecule has 0 spiro atoms. The summed E-state index contributed by atoms with van der Waals surface area (Å²) in [7, 11) is 0. The van der Waals surface area contributed by atoms with E-state index in [-0.39, 0.29) is 5.91 Å². The normalized spacial score (nSPS) is 10.5. The van der Waals surface area contributed by atoms with Gasteiger partial charge in [0.1, 0.15) is 5.82 Å². The van der Waals surface area contributed by atoms with Gasteiger partial charge in [-0.15, -0.1) is 0 Å². The zero-order valence-corrected chi connectivity index (χ0v) is 12.4. The lowest BCUT2D eigenvalue weighted by Gasteiger charge is -2.06. The molecule has 1 N–H and O–H groups in total. The average Bonchev–Trinajstić information content (AvgIpc) is 2.94. The van der Waals surface area contributed by atoms with Gasteiger partial charge < -0.3 is 9.88 Å². The lowest BCUT2D eigenvalue weighted by Crippen LogP contribution is -2.24. The second-order valence-corrected chi connectivity index (χ2v) is 5.25. The summed E-state index contributed by atoms with van der Waals surface area (Å²) in [6.07, 6.45) is 7.23. The van der Waals surface area contributed by atoms with Crippen molar-refractivity contribution in [2.24, 2.45) is 0 Å². The molecule has 0 saturated carbocycles. The van der Waals surface area contributed by atoms with Gasteiger partial charge in [0.15, 0.2) is 0 Å². The van der Waals surface area contributed by atoms with Crippen molar-refractivity contribution >= 4 is 21.8 Å². The van der Waals surface area contributed by atoms with Crippen molar-refractivity contribution < 1.29 is 9.18 Å². The standard InChI is InChI=1S/C14H15BrFN3O/c15-12-4-3-11(9-13(12)16)14(20)18-5-1-2-7-19-8-6-17-10-19/h3-4,6,8-10H,1-2,5,7H2,(H,18,20). The van der Waals surface area contributed by atoms with E-state index >= 15 is 0 Å². The zero-order chi connectivity index (χ0) is 14.4. The fourth-order valence-corrected chi connectivity index (χ4v) is 2.03. The Labute approximate surface area is 125 Å². The highest BCUT2D eigenvalue weighted by Crippen LogP contribution is 2.16. The van der Waals surface area contributed by atoms with Crippen molar-refractivity contribution in [3.63, 3.8) is 0 Å². The summed E-state index contributed by atoms with van der Waals surface area (Å²) in [5, 5.41) is 2.78. The zero-order valence-electron chi connectivity index (χ0n) is 10.9. The summed E-state index contributed by atoms with van der Waals surface area (Å²) in [6, 6.07) is 4.35. The van der Waals surface area contributed by atoms with E-state index in [0.717, 1.165) is 19.4 Å². The molecule has 2 aromatic rings. The Bertz CT molecular complexity index is 572. The third-order valence-corrected chi connectivity index (χ3v) is 3.51. The Balaban J connectivity index is 1.70. The van der Waals surface area contributed by atoms with Crippen LogP contribution in [0.2, 0.25) is 0 Å². The first-order valence-electron chi connectivity index (χ1n) is 6.36. The van der Waals surface area contributed by atoms with E-state index in [2.05, 4.69) is 26.2 Å². The van der Waals surface area contributed by atoms with Crippen molar-refractivity contribution in [3.8, 4) is 0 Å². The largest absolute Gasteiger partial charge is 0.352 e. The molecular formula is C14H15BrFN3O. The van der Waals surface area contributed by atoms with Gasteiger partial charge in [-0.25, -0.2) is 9.37 Å². The molecule has 0 aliphatic rings. The molecule has 0 fully saturated rings. The molecule has 20 heavy (non-hydrogen) atoms. The Hall–Kier alpha value is -1.69. The summed E-state index contributed by atoms with van der Waals surface area (Å²) in [4.78, 5) is 15.7. The molecule has 0 bridgehead atoms. The molecule has 1 heterocycles. The molecule has 1 amide bonds. The molecule has 2 rings (SSSR count). The van der Waals surface area contributed by atoms with Crippen LogP contribution in [-0.4, -0.2) is 22.0 Å². The molecule has 1 aromatic heterocycles. The molecular weight excluding hydrogens is 325 g/mol. The average molecular weight is 340 g/mol. The Morgan fingerprint density at radius 3 is 2.95 bits per heavy atom. The molecule has 6 heteroatoms. The van der Waals surface area contributed by atoms with E-state index in [9.17, 15) is 9.18 Å². The number of hydrogen-bond acceptors (Lipinski definition) is 2. The second kappa shape index (κ2) is 7.19. The molecule has 4 nitrogen and oxygen atoms in total. The van der Waals surface area contributed by atoms with Crippen molar-refractivity contribution in [2.45, 2.75) is 19.4 Å². The summed E-state index contributed by atoms with van der Waals surface area (Å²) in [5.74, 6) is -0.684. The molecule has 0 aliphatic heterocycles. The van der Waals surface area contributed by atoms with E-state index < -0.39 is 5.82 Å². The molecule has 0 atom stereocenters. The minimum absolute atomic E-state index is 0.251. The van der Waals surface area contributed by atoms with Gasteiger partial charge in [-0.05, 0) is 47.0 Å². The van der Waals surface area contributed by atoms with Gasteiger partial charge in [-0.2, -0.15) is 0 Å². The van der Waals surface area contributed by atoms with Gasteiger partial charge in [0.05, 0.1) is 10.8 Å². The first kappa shape index (κ1) is 14.7. The van der Waals surface area contributed by atoms with Crippen LogP contribution in [-0.2, 0) is 6.54 Å². The van der Waals surface area contributed by atoms with Crippen LogP contribution in [0.25, 0.3) is 0 Å². The van der Waals surface area contributed by atoms with Crippen LogP contribution in [0.3, 0.4) is 0 Å². The van der Waals surface area contributed by atoms with Crippen molar-refractivity contribution in [2.75, 3.05) is 6.54 Å². The number of imidazole rings is 1. The molecule has 0 aliphatic carbocycles. The summed E-state index contributed by atoms with van der Waals surface area (Å²) < 4.78 is 15.7. The molecule has 0 saturated heterocycles. The molecule has 0 radical (unpaired) electrons. The minimum atomic E-state index is -0.433. The van der Waals surface area contributed by atoms with Gasteiger partial charge >= 0.3 is 0 Å². The van der Waals surface area contributed by atoms with Crippen LogP contribution < -0.4 is 5.32 Å². The summed E-state index contributed by atoms with van der Waals surface area (Å²) in [6.45, 7) is 1.45. The number of carbonyl (C=O) groups excluding carboxylic acids is 1. The highest BCUT2D eigenvalue weighted by Gasteiger charge is 2.07. The van der Waals surface area contributed by atoms with Gasteiger partial charge in [-0.1, -0.05) is 0 Å². The Kier molecular flexibility index (Phi) is 5.29. The van der Waals surface area contributed by atoms with Crippen LogP contribution in [0.15, 0.2) is 41.4 Å². The molecule has 106 valence electrons. The number of unbranched alkanes of at least 4 members (excludes halogenated alkanes) is 1. The van der Waals surface area contributed by atoms with Crippen molar-refractivity contribution in [1.82, 2.24) is 14.9 Å². The van der Waals surface area contributed by atoms with E-state index in [1.807, 2.05) is 10.8 Å². The number of hydrogen-bond donors (Lipinski definition) is 1. The summed E-state index contributed by atoms with van der Waals surface area (Å²) >= 11 is 3.06. The highest BCUT2D eigenvalue weighted by atomic mass is 79.9. The van der Waals surface area contributed by atoms with Crippen LogP contribution in [0.1, 0.15) is 23.2 Å². The van der Waals surface area contributed by atoms with Gasteiger partial charge in [0.2, 0.25) is 0 Å². The van der Waals surface area contributed by atoms with Crippen LogP contribution >= 0.6 is 15.9 Å². The number of benzene rings is 1. The maximum Gasteiger partial charge on any atom is 0.251 e. The SMILES string of the molecule is O=C(NCCCCn1ccnc1)c1ccc(Br)c(F)c1. The van der Waals surface area contributed by atoms with Crippen LogP contribution in [0, 0.1) is 5.82 Å². The van der Waals surface area contributed by atoms with Gasteiger partial charge in [0, 0.05) is 31.0 Å². The Morgan fingerprint density at radius 2 is 2.25 bits per heavy atom. The summed E-state index contributed by atoms with van der Waals surface area (Å²) in [5.41, 5.74) is 0.334. The number of aromatic nitrogens is 2. The maximum atomic E-state index is 13.3. The Morgan fingerprint density at radius 1 is 1.40 bits per heavy atom. The molecule has 1 aromatic carbocycles. The van der Waals surface area contributed by atoms with Crippen molar-refractivity contribution in [3.05, 3.63) is 52.8 Å². The monoisotopic (exact) mass is 339 g/mol. The predicted molar refractivity (Wildman–Crippen MR) is 77.9 cm³/mol. The van der Waals surface area contributed by atoms with Crippen LogP contribution in [0.4, 0.5) is 4.39 Å². The second-order valence-electron chi connectivity index (χ2n) is 4.39. The van der Waals surface area contributed by atoms with E-state index in [1.165, 1.54) is 12.1 Å². The molecule has 0 unspecified atom stereocenters. The fourth-order valence-electron chi connectivity index (χ4n) is 1.78. The van der Waals surface area contributed by atoms with E-state index in [0.29, 0.717) is 16.6 Å². The van der Waals surface area contributed by atoms with Gasteiger partial charge in [-0.3, -0.25) is 4.79 Å². The van der Waals surface area contributed by atoms with Gasteiger partial charge in [0.25, 0.3) is 5.91 Å². The number of aryl methyl sites for hydroxylation is 1. The topological polar surface area (TPSA) is 46.9 Å². The quantitative estimate of drug-likeness (QED) is 0.822. The first-order valence-corrected chi connectivity index (χ1v) is 7.15. The smallest absolute Gasteiger partial charge is 0.251 e.